The molecule has 1 fully saturated rings. The molecule has 0 unspecified atom stereocenters. The number of amides is 2. The second kappa shape index (κ2) is 7.58. The molecule has 1 aliphatic carbocycles. The molecule has 0 heterocycles. The normalized spacial score (nSPS) is 23.4. The van der Waals surface area contributed by atoms with Crippen molar-refractivity contribution in [2.75, 3.05) is 20.1 Å². The SMILES string of the molecule is CC(=O)NCC1CCC(CN(C)S(=O)(=O)NC=O)CC1. The molecule has 0 aromatic rings. The number of nitrogens with one attached hydrogen (secondary N) is 2. The summed E-state index contributed by atoms with van der Waals surface area (Å²) in [5.41, 5.74) is 0. The summed E-state index contributed by atoms with van der Waals surface area (Å²) < 4.78 is 26.2. The largest absolute Gasteiger partial charge is 0.356 e. The van der Waals surface area contributed by atoms with Gasteiger partial charge in [-0.2, -0.15) is 12.7 Å². The second-order valence-electron chi connectivity index (χ2n) is 5.35. The van der Waals surface area contributed by atoms with Crippen molar-refractivity contribution in [3.8, 4) is 0 Å². The Hall–Kier alpha value is -1.15. The van der Waals surface area contributed by atoms with Crippen LogP contribution in [0.25, 0.3) is 0 Å². The number of hydrogen-bond acceptors (Lipinski definition) is 4. The maximum absolute atomic E-state index is 11.6. The third-order valence-electron chi connectivity index (χ3n) is 3.73. The Morgan fingerprint density at radius 3 is 2.30 bits per heavy atom. The fraction of sp³-hybridized carbons (Fsp3) is 0.833. The molecular formula is C12H23N3O4S. The zero-order valence-corrected chi connectivity index (χ0v) is 12.8. The van der Waals surface area contributed by atoms with Crippen molar-refractivity contribution in [2.45, 2.75) is 32.6 Å². The van der Waals surface area contributed by atoms with Gasteiger partial charge in [0.15, 0.2) is 0 Å². The minimum absolute atomic E-state index is 0.0158. The first kappa shape index (κ1) is 16.9. The lowest BCUT2D eigenvalue weighted by Crippen LogP contribution is -2.41. The topological polar surface area (TPSA) is 95.6 Å². The molecule has 1 saturated carbocycles. The number of carbonyl (C=O) groups is 2. The van der Waals surface area contributed by atoms with Gasteiger partial charge in [-0.1, -0.05) is 0 Å². The van der Waals surface area contributed by atoms with Crippen LogP contribution in [0.4, 0.5) is 0 Å². The number of nitrogens with zero attached hydrogens (tertiary/aromatic N) is 1. The summed E-state index contributed by atoms with van der Waals surface area (Å²) >= 11 is 0. The van der Waals surface area contributed by atoms with E-state index in [1.165, 1.54) is 18.3 Å². The van der Waals surface area contributed by atoms with Gasteiger partial charge in [0, 0.05) is 27.1 Å². The molecule has 0 bridgehead atoms. The highest BCUT2D eigenvalue weighted by Crippen LogP contribution is 2.29. The van der Waals surface area contributed by atoms with Crippen molar-refractivity contribution in [1.29, 1.82) is 0 Å². The van der Waals surface area contributed by atoms with E-state index in [-0.39, 0.29) is 12.3 Å². The molecule has 2 N–H and O–H groups in total. The number of rotatable bonds is 7. The van der Waals surface area contributed by atoms with Crippen molar-refractivity contribution < 1.29 is 18.0 Å². The Morgan fingerprint density at radius 2 is 1.80 bits per heavy atom. The fourth-order valence-electron chi connectivity index (χ4n) is 2.52. The molecule has 0 aromatic carbocycles. The zero-order valence-electron chi connectivity index (χ0n) is 12.0. The van der Waals surface area contributed by atoms with Gasteiger partial charge in [-0.15, -0.1) is 0 Å². The summed E-state index contributed by atoms with van der Waals surface area (Å²) in [7, 11) is -2.22. The monoisotopic (exact) mass is 305 g/mol. The summed E-state index contributed by atoms with van der Waals surface area (Å²) in [6, 6.07) is 0. The lowest BCUT2D eigenvalue weighted by atomic mass is 9.82. The Labute approximate surface area is 120 Å². The summed E-state index contributed by atoms with van der Waals surface area (Å²) in [5.74, 6) is 0.764. The average Bonchev–Trinajstić information content (AvgIpc) is 2.37. The minimum Gasteiger partial charge on any atom is -0.356 e. The third-order valence-corrected chi connectivity index (χ3v) is 5.09. The van der Waals surface area contributed by atoms with Crippen molar-refractivity contribution in [3.05, 3.63) is 0 Å². The first-order valence-electron chi connectivity index (χ1n) is 6.77. The van der Waals surface area contributed by atoms with Crippen LogP contribution in [0.15, 0.2) is 0 Å². The van der Waals surface area contributed by atoms with Crippen LogP contribution in [0.1, 0.15) is 32.6 Å². The summed E-state index contributed by atoms with van der Waals surface area (Å²) in [6.45, 7) is 2.62. The molecule has 0 aliphatic heterocycles. The molecule has 0 aromatic heterocycles. The van der Waals surface area contributed by atoms with Crippen LogP contribution >= 0.6 is 0 Å². The van der Waals surface area contributed by atoms with E-state index in [9.17, 15) is 18.0 Å². The van der Waals surface area contributed by atoms with E-state index in [0.717, 1.165) is 25.7 Å². The van der Waals surface area contributed by atoms with Crippen molar-refractivity contribution >= 4 is 22.5 Å². The van der Waals surface area contributed by atoms with E-state index < -0.39 is 10.2 Å². The van der Waals surface area contributed by atoms with Crippen molar-refractivity contribution in [2.24, 2.45) is 11.8 Å². The summed E-state index contributed by atoms with van der Waals surface area (Å²) in [6.07, 6.45) is 4.02. The standard InChI is InChI=1S/C12H23N3O4S/c1-10(17)13-7-11-3-5-12(6-4-11)8-15(2)20(18,19)14-9-16/h9,11-12H,3-8H2,1-2H3,(H,13,17)(H,14,16). The third kappa shape index (κ3) is 5.46. The van der Waals surface area contributed by atoms with Crippen molar-refractivity contribution in [1.82, 2.24) is 14.3 Å². The maximum atomic E-state index is 11.6. The van der Waals surface area contributed by atoms with Crippen LogP contribution in [-0.4, -0.2) is 45.2 Å². The molecule has 7 nitrogen and oxygen atoms in total. The highest BCUT2D eigenvalue weighted by atomic mass is 32.2. The number of hydrogen-bond donors (Lipinski definition) is 2. The van der Waals surface area contributed by atoms with Gasteiger partial charge in [0.1, 0.15) is 0 Å². The smallest absolute Gasteiger partial charge is 0.303 e. The zero-order chi connectivity index (χ0) is 15.2. The number of carbonyl (C=O) groups excluding carboxylic acids is 2. The highest BCUT2D eigenvalue weighted by Gasteiger charge is 2.25. The van der Waals surface area contributed by atoms with E-state index in [0.29, 0.717) is 24.9 Å². The van der Waals surface area contributed by atoms with Gasteiger partial charge in [0.2, 0.25) is 12.3 Å². The maximum Gasteiger partial charge on any atom is 0.303 e. The first-order valence-corrected chi connectivity index (χ1v) is 8.21. The Bertz CT molecular complexity index is 430. The van der Waals surface area contributed by atoms with Gasteiger partial charge in [-0.3, -0.25) is 9.59 Å². The minimum atomic E-state index is -3.69. The van der Waals surface area contributed by atoms with Crippen molar-refractivity contribution in [3.63, 3.8) is 0 Å². The van der Waals surface area contributed by atoms with E-state index in [1.54, 1.807) is 0 Å². The lowest BCUT2D eigenvalue weighted by Gasteiger charge is -2.30. The van der Waals surface area contributed by atoms with Crippen LogP contribution in [0.2, 0.25) is 0 Å². The molecule has 0 spiro atoms. The Balaban J connectivity index is 2.35. The van der Waals surface area contributed by atoms with E-state index >= 15 is 0 Å². The van der Waals surface area contributed by atoms with Gasteiger partial charge >= 0.3 is 10.2 Å². The van der Waals surface area contributed by atoms with Crippen LogP contribution in [0.3, 0.4) is 0 Å². The Morgan fingerprint density at radius 1 is 1.25 bits per heavy atom. The van der Waals surface area contributed by atoms with E-state index in [2.05, 4.69) is 5.32 Å². The van der Waals surface area contributed by atoms with Crippen LogP contribution in [-0.2, 0) is 19.8 Å². The molecule has 8 heteroatoms. The lowest BCUT2D eigenvalue weighted by molar-refractivity contribution is -0.119. The molecule has 1 aliphatic rings. The molecular weight excluding hydrogens is 282 g/mol. The van der Waals surface area contributed by atoms with Gasteiger partial charge in [0.25, 0.3) is 0 Å². The molecule has 2 amide bonds. The molecule has 1 rings (SSSR count). The summed E-state index contributed by atoms with van der Waals surface area (Å²) in [4.78, 5) is 21.1. The summed E-state index contributed by atoms with van der Waals surface area (Å²) in [5, 5.41) is 2.82. The molecule has 20 heavy (non-hydrogen) atoms. The second-order valence-corrected chi connectivity index (χ2v) is 7.15. The Kier molecular flexibility index (Phi) is 6.41. The fourth-order valence-corrected chi connectivity index (χ4v) is 3.23. The van der Waals surface area contributed by atoms with Gasteiger partial charge in [-0.25, -0.2) is 4.72 Å². The van der Waals surface area contributed by atoms with Crippen LogP contribution < -0.4 is 10.0 Å². The van der Waals surface area contributed by atoms with Crippen LogP contribution in [0.5, 0.6) is 0 Å². The van der Waals surface area contributed by atoms with E-state index in [1.807, 2.05) is 4.72 Å². The molecule has 116 valence electrons. The van der Waals surface area contributed by atoms with Gasteiger partial charge in [-0.05, 0) is 37.5 Å². The molecule has 0 saturated heterocycles. The predicted molar refractivity (Wildman–Crippen MR) is 74.9 cm³/mol. The molecule has 0 radical (unpaired) electrons. The first-order chi connectivity index (χ1) is 9.35. The average molecular weight is 305 g/mol. The van der Waals surface area contributed by atoms with Gasteiger partial charge in [0.05, 0.1) is 0 Å². The predicted octanol–water partition coefficient (Wildman–Crippen LogP) is -0.148. The quantitative estimate of drug-likeness (QED) is 0.640. The highest BCUT2D eigenvalue weighted by molar-refractivity contribution is 7.87. The van der Waals surface area contributed by atoms with E-state index in [4.69, 9.17) is 0 Å². The van der Waals surface area contributed by atoms with Gasteiger partial charge < -0.3 is 5.32 Å². The molecule has 0 atom stereocenters. The van der Waals surface area contributed by atoms with Crippen LogP contribution in [0, 0.1) is 11.8 Å².